The molecule has 0 aromatic carbocycles. The zero-order valence-electron chi connectivity index (χ0n) is 12.6. The van der Waals surface area contributed by atoms with Gasteiger partial charge in [-0.2, -0.15) is 5.10 Å². The maximum Gasteiger partial charge on any atom is 0.163 e. The third kappa shape index (κ3) is 2.97. The summed E-state index contributed by atoms with van der Waals surface area (Å²) >= 11 is 0. The molecule has 1 aliphatic heterocycles. The van der Waals surface area contributed by atoms with E-state index in [4.69, 9.17) is 5.84 Å². The fourth-order valence-corrected chi connectivity index (χ4v) is 2.71. The second-order valence-electron chi connectivity index (χ2n) is 5.57. The van der Waals surface area contributed by atoms with Gasteiger partial charge in [0.15, 0.2) is 11.5 Å². The Morgan fingerprint density at radius 2 is 2.05 bits per heavy atom. The third-order valence-electron chi connectivity index (χ3n) is 3.95. The van der Waals surface area contributed by atoms with Crippen molar-refractivity contribution in [2.75, 3.05) is 38.7 Å². The van der Waals surface area contributed by atoms with E-state index in [9.17, 15) is 0 Å². The van der Waals surface area contributed by atoms with Crippen LogP contribution in [-0.4, -0.2) is 62.8 Å². The van der Waals surface area contributed by atoms with Crippen LogP contribution in [0.2, 0.25) is 0 Å². The molecule has 0 spiro atoms. The summed E-state index contributed by atoms with van der Waals surface area (Å²) in [6.45, 7) is 5.07. The number of rotatable bonds is 3. The lowest BCUT2D eigenvalue weighted by atomic mass is 10.3. The molecule has 0 unspecified atom stereocenters. The Balaban J connectivity index is 1.84. The lowest BCUT2D eigenvalue weighted by Gasteiger charge is -2.19. The highest BCUT2D eigenvalue weighted by Crippen LogP contribution is 2.19. The van der Waals surface area contributed by atoms with Crippen molar-refractivity contribution < 1.29 is 0 Å². The molecule has 3 heterocycles. The number of aromatic nitrogens is 4. The number of fused-ring (bicyclic) bond motifs is 1. The monoisotopic (exact) mass is 290 g/mol. The van der Waals surface area contributed by atoms with Crippen LogP contribution >= 0.6 is 0 Å². The molecule has 1 fully saturated rings. The summed E-state index contributed by atoms with van der Waals surface area (Å²) in [5.74, 6) is 6.99. The lowest BCUT2D eigenvalue weighted by Crippen LogP contribution is -2.29. The van der Waals surface area contributed by atoms with Gasteiger partial charge in [0.1, 0.15) is 5.82 Å². The summed E-state index contributed by atoms with van der Waals surface area (Å²) in [5.41, 5.74) is 3.45. The molecule has 1 aliphatic rings. The van der Waals surface area contributed by atoms with E-state index >= 15 is 0 Å². The number of likely N-dealkylation sites (N-methyl/N-ethyl adjacent to an activating group) is 1. The van der Waals surface area contributed by atoms with Crippen LogP contribution in [0.5, 0.6) is 0 Å². The van der Waals surface area contributed by atoms with Gasteiger partial charge in [0.05, 0.1) is 18.1 Å². The van der Waals surface area contributed by atoms with Crippen LogP contribution in [0.4, 0.5) is 5.82 Å². The minimum Gasteiger partial charge on any atom is -0.308 e. The van der Waals surface area contributed by atoms with Crippen molar-refractivity contribution in [1.82, 2.24) is 29.5 Å². The predicted octanol–water partition coefficient (Wildman–Crippen LogP) is -0.214. The van der Waals surface area contributed by atoms with Crippen molar-refractivity contribution in [1.29, 1.82) is 0 Å². The van der Waals surface area contributed by atoms with Gasteiger partial charge in [-0.15, -0.1) is 0 Å². The second-order valence-corrected chi connectivity index (χ2v) is 5.57. The Kier molecular flexibility index (Phi) is 4.00. The van der Waals surface area contributed by atoms with E-state index in [1.807, 2.05) is 7.05 Å². The molecule has 0 atom stereocenters. The molecule has 8 heteroatoms. The standard InChI is InChI=1S/C13H22N8/c1-19-4-3-5-21(7-6-19)9-11-16-12(18-14)10-8-15-20(2)13(10)17-11/h8H,3-7,9,14H2,1-2H3,(H,16,17,18). The molecule has 8 nitrogen and oxygen atoms in total. The highest BCUT2D eigenvalue weighted by atomic mass is 15.3. The van der Waals surface area contributed by atoms with Crippen molar-refractivity contribution >= 4 is 16.9 Å². The van der Waals surface area contributed by atoms with Crippen molar-refractivity contribution in [3.8, 4) is 0 Å². The van der Waals surface area contributed by atoms with Crippen LogP contribution < -0.4 is 11.3 Å². The Hall–Kier alpha value is -1.77. The van der Waals surface area contributed by atoms with Crippen LogP contribution in [-0.2, 0) is 13.6 Å². The molecule has 114 valence electrons. The van der Waals surface area contributed by atoms with Gasteiger partial charge >= 0.3 is 0 Å². The van der Waals surface area contributed by atoms with Crippen LogP contribution in [0.3, 0.4) is 0 Å². The van der Waals surface area contributed by atoms with E-state index < -0.39 is 0 Å². The Labute approximate surface area is 123 Å². The second kappa shape index (κ2) is 5.92. The number of nitrogens with zero attached hydrogens (tertiary/aromatic N) is 6. The van der Waals surface area contributed by atoms with E-state index in [0.717, 1.165) is 49.6 Å². The minimum absolute atomic E-state index is 0.634. The minimum atomic E-state index is 0.634. The van der Waals surface area contributed by atoms with Crippen LogP contribution in [0.15, 0.2) is 6.20 Å². The fourth-order valence-electron chi connectivity index (χ4n) is 2.71. The van der Waals surface area contributed by atoms with Gasteiger partial charge in [-0.3, -0.25) is 9.58 Å². The third-order valence-corrected chi connectivity index (χ3v) is 3.95. The largest absolute Gasteiger partial charge is 0.308 e. The Morgan fingerprint density at radius 1 is 1.19 bits per heavy atom. The first kappa shape index (κ1) is 14.2. The Morgan fingerprint density at radius 3 is 2.86 bits per heavy atom. The number of anilines is 1. The van der Waals surface area contributed by atoms with Crippen molar-refractivity contribution in [3.05, 3.63) is 12.0 Å². The zero-order valence-corrected chi connectivity index (χ0v) is 12.6. The van der Waals surface area contributed by atoms with E-state index in [1.54, 1.807) is 10.9 Å². The molecule has 2 aromatic rings. The predicted molar refractivity (Wildman–Crippen MR) is 81.5 cm³/mol. The zero-order chi connectivity index (χ0) is 14.8. The summed E-state index contributed by atoms with van der Waals surface area (Å²) in [4.78, 5) is 13.9. The van der Waals surface area contributed by atoms with Crippen molar-refractivity contribution in [2.45, 2.75) is 13.0 Å². The SMILES string of the molecule is CN1CCCN(Cc2nc(NN)c3cnn(C)c3n2)CC1. The van der Waals surface area contributed by atoms with Gasteiger partial charge in [-0.05, 0) is 26.6 Å². The molecule has 0 amide bonds. The van der Waals surface area contributed by atoms with E-state index in [-0.39, 0.29) is 0 Å². The van der Waals surface area contributed by atoms with Gasteiger partial charge in [-0.25, -0.2) is 15.8 Å². The fraction of sp³-hybridized carbons (Fsp3) is 0.615. The molecule has 0 aliphatic carbocycles. The number of hydrazine groups is 1. The highest BCUT2D eigenvalue weighted by molar-refractivity contribution is 5.86. The molecule has 0 radical (unpaired) electrons. The van der Waals surface area contributed by atoms with Gasteiger partial charge in [0, 0.05) is 20.1 Å². The maximum absolute atomic E-state index is 5.57. The molecule has 21 heavy (non-hydrogen) atoms. The smallest absolute Gasteiger partial charge is 0.163 e. The van der Waals surface area contributed by atoms with Gasteiger partial charge in [-0.1, -0.05) is 0 Å². The number of nitrogens with two attached hydrogens (primary N) is 1. The molecular formula is C13H22N8. The van der Waals surface area contributed by atoms with E-state index in [0.29, 0.717) is 5.82 Å². The van der Waals surface area contributed by atoms with Crippen LogP contribution in [0.25, 0.3) is 11.0 Å². The number of nitrogens with one attached hydrogen (secondary N) is 1. The van der Waals surface area contributed by atoms with Crippen LogP contribution in [0, 0.1) is 0 Å². The number of hydrogen-bond acceptors (Lipinski definition) is 7. The van der Waals surface area contributed by atoms with Crippen molar-refractivity contribution in [3.63, 3.8) is 0 Å². The number of hydrogen-bond donors (Lipinski definition) is 2. The van der Waals surface area contributed by atoms with Gasteiger partial charge in [0.25, 0.3) is 0 Å². The highest BCUT2D eigenvalue weighted by Gasteiger charge is 2.16. The lowest BCUT2D eigenvalue weighted by molar-refractivity contribution is 0.263. The molecule has 0 saturated carbocycles. The summed E-state index contributed by atoms with van der Waals surface area (Å²) in [6, 6.07) is 0. The van der Waals surface area contributed by atoms with E-state index in [2.05, 4.69) is 37.3 Å². The van der Waals surface area contributed by atoms with Gasteiger partial charge < -0.3 is 10.3 Å². The molecule has 2 aromatic heterocycles. The first-order valence-corrected chi connectivity index (χ1v) is 7.23. The first-order chi connectivity index (χ1) is 10.2. The molecule has 0 bridgehead atoms. The summed E-state index contributed by atoms with van der Waals surface area (Å²) in [7, 11) is 4.04. The van der Waals surface area contributed by atoms with Crippen LogP contribution in [0.1, 0.15) is 12.2 Å². The molecule has 3 rings (SSSR count). The summed E-state index contributed by atoms with van der Waals surface area (Å²) in [6.07, 6.45) is 2.90. The number of aryl methyl sites for hydroxylation is 1. The number of nitrogen functional groups attached to an aromatic ring is 1. The van der Waals surface area contributed by atoms with E-state index in [1.165, 1.54) is 6.42 Å². The normalized spacial score (nSPS) is 18.0. The maximum atomic E-state index is 5.57. The Bertz CT molecular complexity index is 622. The average Bonchev–Trinajstić information content (AvgIpc) is 2.72. The first-order valence-electron chi connectivity index (χ1n) is 7.23. The van der Waals surface area contributed by atoms with Gasteiger partial charge in [0.2, 0.25) is 0 Å². The average molecular weight is 290 g/mol. The summed E-state index contributed by atoms with van der Waals surface area (Å²) in [5, 5.41) is 5.06. The molecule has 1 saturated heterocycles. The van der Waals surface area contributed by atoms with Crippen molar-refractivity contribution in [2.24, 2.45) is 12.9 Å². The summed E-state index contributed by atoms with van der Waals surface area (Å²) < 4.78 is 1.75. The quantitative estimate of drug-likeness (QED) is 0.597. The topological polar surface area (TPSA) is 88.1 Å². The molecular weight excluding hydrogens is 268 g/mol. The molecule has 3 N–H and O–H groups in total.